The van der Waals surface area contributed by atoms with E-state index in [1.54, 1.807) is 6.92 Å². The van der Waals surface area contributed by atoms with Crippen molar-refractivity contribution in [3.63, 3.8) is 0 Å². The fourth-order valence-electron chi connectivity index (χ4n) is 3.51. The molecule has 1 aliphatic rings. The highest BCUT2D eigenvalue weighted by Gasteiger charge is 2.36. The first kappa shape index (κ1) is 22.1. The molecule has 1 heterocycles. The van der Waals surface area contributed by atoms with Gasteiger partial charge < -0.3 is 20.1 Å². The summed E-state index contributed by atoms with van der Waals surface area (Å²) in [5, 5.41) is 0. The number of benzene rings is 2. The van der Waals surface area contributed by atoms with E-state index in [1.165, 1.54) is 5.56 Å². The summed E-state index contributed by atoms with van der Waals surface area (Å²) in [6.45, 7) is 8.02. The van der Waals surface area contributed by atoms with Gasteiger partial charge in [-0.2, -0.15) is 0 Å². The third kappa shape index (κ3) is 4.42. The van der Waals surface area contributed by atoms with E-state index in [-0.39, 0.29) is 18.3 Å². The molecule has 1 atom stereocenters. The lowest BCUT2D eigenvalue weighted by Gasteiger charge is -2.35. The van der Waals surface area contributed by atoms with Crippen LogP contribution in [0.3, 0.4) is 0 Å². The van der Waals surface area contributed by atoms with Crippen LogP contribution in [0.15, 0.2) is 42.5 Å². The maximum Gasteiger partial charge on any atom is 0.247 e. The predicted molar refractivity (Wildman–Crippen MR) is 113 cm³/mol. The average Bonchev–Trinajstić information content (AvgIpc) is 2.68. The molecule has 0 fully saturated rings. The average molecular weight is 405 g/mol. The topological polar surface area (TPSA) is 64.8 Å². The van der Waals surface area contributed by atoms with Gasteiger partial charge in [0.15, 0.2) is 11.5 Å². The Morgan fingerprint density at radius 2 is 1.64 bits per heavy atom. The molecule has 2 N–H and O–H groups in total. The van der Waals surface area contributed by atoms with Gasteiger partial charge in [-0.05, 0) is 56.0 Å². The van der Waals surface area contributed by atoms with E-state index in [2.05, 4.69) is 0 Å². The molecule has 1 aliphatic heterocycles. The first-order valence-electron chi connectivity index (χ1n) is 9.52. The third-order valence-corrected chi connectivity index (χ3v) is 4.98. The van der Waals surface area contributed by atoms with E-state index in [0.29, 0.717) is 26.3 Å². The summed E-state index contributed by atoms with van der Waals surface area (Å²) in [5.74, 6) is 1.43. The van der Waals surface area contributed by atoms with Crippen molar-refractivity contribution in [2.45, 2.75) is 39.3 Å². The number of nitrogens with two attached hydrogens (primary N) is 1. The van der Waals surface area contributed by atoms with Crippen molar-refractivity contribution < 1.29 is 14.3 Å². The molecular formula is C22H29ClN2O3. The normalized spacial score (nSPS) is 15.1. The van der Waals surface area contributed by atoms with E-state index < -0.39 is 5.54 Å². The first-order chi connectivity index (χ1) is 13.0. The van der Waals surface area contributed by atoms with Gasteiger partial charge in [0.05, 0.1) is 13.2 Å². The Morgan fingerprint density at radius 1 is 1.07 bits per heavy atom. The van der Waals surface area contributed by atoms with Gasteiger partial charge in [0.2, 0.25) is 5.91 Å². The molecule has 0 bridgehead atoms. The standard InChI is InChI=1S/C22H28N2O3.ClH/c1-4-26-19-13-16-11-12-24(15-17(16)14-20(19)27-5-2)21(25)22(3,23)18-9-7-6-8-10-18;/h6-10,13-14H,4-5,11-12,15,23H2,1-3H3;1H. The number of hydrogen-bond donors (Lipinski definition) is 1. The molecule has 2 aromatic rings. The van der Waals surface area contributed by atoms with Gasteiger partial charge in [-0.25, -0.2) is 0 Å². The van der Waals surface area contributed by atoms with Gasteiger partial charge in [-0.3, -0.25) is 4.79 Å². The zero-order chi connectivity index (χ0) is 19.4. The molecule has 3 rings (SSSR count). The van der Waals surface area contributed by atoms with Crippen LogP contribution in [0.2, 0.25) is 0 Å². The summed E-state index contributed by atoms with van der Waals surface area (Å²) in [7, 11) is 0. The Hall–Kier alpha value is -2.24. The Labute approximate surface area is 173 Å². The van der Waals surface area contributed by atoms with E-state index in [9.17, 15) is 4.79 Å². The molecule has 0 aliphatic carbocycles. The fraction of sp³-hybridized carbons (Fsp3) is 0.409. The molecule has 28 heavy (non-hydrogen) atoms. The van der Waals surface area contributed by atoms with Crippen molar-refractivity contribution >= 4 is 18.3 Å². The van der Waals surface area contributed by atoms with Crippen molar-refractivity contribution in [1.82, 2.24) is 4.90 Å². The molecule has 5 nitrogen and oxygen atoms in total. The number of ether oxygens (including phenoxy) is 2. The Kier molecular flexibility index (Phi) is 7.33. The zero-order valence-electron chi connectivity index (χ0n) is 16.7. The zero-order valence-corrected chi connectivity index (χ0v) is 17.6. The number of fused-ring (bicyclic) bond motifs is 1. The van der Waals surface area contributed by atoms with E-state index in [0.717, 1.165) is 29.0 Å². The molecule has 1 amide bonds. The Balaban J connectivity index is 0.00000280. The minimum absolute atomic E-state index is 0. The van der Waals surface area contributed by atoms with Crippen molar-refractivity contribution in [3.05, 3.63) is 59.2 Å². The van der Waals surface area contributed by atoms with Gasteiger partial charge in [0.25, 0.3) is 0 Å². The van der Waals surface area contributed by atoms with E-state index in [4.69, 9.17) is 15.2 Å². The maximum absolute atomic E-state index is 13.2. The first-order valence-corrected chi connectivity index (χ1v) is 9.52. The van der Waals surface area contributed by atoms with Crippen molar-refractivity contribution in [2.75, 3.05) is 19.8 Å². The SMILES string of the molecule is CCOc1cc2c(cc1OCC)CN(C(=O)C(C)(N)c1ccccc1)CC2.Cl. The van der Waals surface area contributed by atoms with E-state index in [1.807, 2.05) is 61.2 Å². The molecule has 0 spiro atoms. The second-order valence-electron chi connectivity index (χ2n) is 6.98. The van der Waals surface area contributed by atoms with Gasteiger partial charge in [-0.1, -0.05) is 30.3 Å². The number of carbonyl (C=O) groups excluding carboxylic acids is 1. The Morgan fingerprint density at radius 3 is 2.21 bits per heavy atom. The quantitative estimate of drug-likeness (QED) is 0.797. The number of halogens is 1. The summed E-state index contributed by atoms with van der Waals surface area (Å²) in [4.78, 5) is 15.0. The molecule has 0 aromatic heterocycles. The summed E-state index contributed by atoms with van der Waals surface area (Å²) in [5.41, 5.74) is 8.50. The second kappa shape index (κ2) is 9.30. The van der Waals surface area contributed by atoms with Crippen LogP contribution in [0.5, 0.6) is 11.5 Å². The second-order valence-corrected chi connectivity index (χ2v) is 6.98. The van der Waals surface area contributed by atoms with Gasteiger partial charge >= 0.3 is 0 Å². The molecule has 0 saturated heterocycles. The van der Waals surface area contributed by atoms with Crippen LogP contribution < -0.4 is 15.2 Å². The summed E-state index contributed by atoms with van der Waals surface area (Å²) in [6, 6.07) is 13.6. The molecule has 0 radical (unpaired) electrons. The summed E-state index contributed by atoms with van der Waals surface area (Å²) >= 11 is 0. The van der Waals surface area contributed by atoms with Crippen molar-refractivity contribution in [3.8, 4) is 11.5 Å². The van der Waals surface area contributed by atoms with Crippen LogP contribution >= 0.6 is 12.4 Å². The number of amides is 1. The monoisotopic (exact) mass is 404 g/mol. The predicted octanol–water partition coefficient (Wildman–Crippen LogP) is 3.66. The molecule has 1 unspecified atom stereocenters. The maximum atomic E-state index is 13.2. The fourth-order valence-corrected chi connectivity index (χ4v) is 3.51. The Bertz CT molecular complexity index is 809. The van der Waals surface area contributed by atoms with Crippen LogP contribution in [-0.4, -0.2) is 30.6 Å². The lowest BCUT2D eigenvalue weighted by atomic mass is 9.90. The number of nitrogens with zero attached hydrogens (tertiary/aromatic N) is 1. The molecule has 0 saturated carbocycles. The van der Waals surface area contributed by atoms with E-state index >= 15 is 0 Å². The third-order valence-electron chi connectivity index (χ3n) is 4.98. The van der Waals surface area contributed by atoms with Crippen molar-refractivity contribution in [2.24, 2.45) is 5.73 Å². The minimum atomic E-state index is -1.05. The highest BCUT2D eigenvalue weighted by molar-refractivity contribution is 5.87. The highest BCUT2D eigenvalue weighted by atomic mass is 35.5. The van der Waals surface area contributed by atoms with Crippen LogP contribution in [0.25, 0.3) is 0 Å². The van der Waals surface area contributed by atoms with Gasteiger partial charge in [0.1, 0.15) is 5.54 Å². The number of hydrogen-bond acceptors (Lipinski definition) is 4. The smallest absolute Gasteiger partial charge is 0.247 e. The number of rotatable bonds is 6. The molecule has 2 aromatic carbocycles. The van der Waals surface area contributed by atoms with Crippen LogP contribution in [0.4, 0.5) is 0 Å². The summed E-state index contributed by atoms with van der Waals surface area (Å²) in [6.07, 6.45) is 0.776. The minimum Gasteiger partial charge on any atom is -0.490 e. The summed E-state index contributed by atoms with van der Waals surface area (Å²) < 4.78 is 11.5. The van der Waals surface area contributed by atoms with Gasteiger partial charge in [0, 0.05) is 13.1 Å². The largest absolute Gasteiger partial charge is 0.490 e. The van der Waals surface area contributed by atoms with Crippen LogP contribution in [0, 0.1) is 0 Å². The van der Waals surface area contributed by atoms with Crippen LogP contribution in [0.1, 0.15) is 37.5 Å². The van der Waals surface area contributed by atoms with Gasteiger partial charge in [-0.15, -0.1) is 12.4 Å². The highest BCUT2D eigenvalue weighted by Crippen LogP contribution is 2.34. The van der Waals surface area contributed by atoms with Crippen molar-refractivity contribution in [1.29, 1.82) is 0 Å². The van der Waals surface area contributed by atoms with Crippen LogP contribution in [-0.2, 0) is 23.3 Å². The molecular weight excluding hydrogens is 376 g/mol. The lowest BCUT2D eigenvalue weighted by Crippen LogP contribution is -2.52. The number of carbonyl (C=O) groups is 1. The molecule has 152 valence electrons. The molecule has 6 heteroatoms. The lowest BCUT2D eigenvalue weighted by molar-refractivity contribution is -0.137.